The van der Waals surface area contributed by atoms with E-state index in [0.717, 1.165) is 23.4 Å². The lowest BCUT2D eigenvalue weighted by molar-refractivity contribution is -0.139. The molecule has 1 aromatic heterocycles. The Morgan fingerprint density at radius 1 is 1.19 bits per heavy atom. The van der Waals surface area contributed by atoms with E-state index in [1.165, 1.54) is 6.07 Å². The Kier molecular flexibility index (Phi) is 5.71. The maximum Gasteiger partial charge on any atom is 0.341 e. The number of carbonyl (C=O) groups is 2. The van der Waals surface area contributed by atoms with Crippen LogP contribution < -0.4 is 10.1 Å². The number of carboxylic acids is 1. The number of ether oxygens (including phenoxy) is 1. The summed E-state index contributed by atoms with van der Waals surface area (Å²) in [7, 11) is 0. The first-order valence-electron chi connectivity index (χ1n) is 8.75. The number of amides is 1. The van der Waals surface area contributed by atoms with Crippen molar-refractivity contribution >= 4 is 22.9 Å². The van der Waals surface area contributed by atoms with E-state index in [0.29, 0.717) is 24.3 Å². The Morgan fingerprint density at radius 2 is 2.00 bits per heavy atom. The van der Waals surface area contributed by atoms with Gasteiger partial charge in [-0.1, -0.05) is 18.2 Å². The number of hydrogen-bond acceptors (Lipinski definition) is 4. The molecule has 2 N–H and O–H groups in total. The molecule has 0 bridgehead atoms. The average Bonchev–Trinajstić information content (AvgIpc) is 3.03. The number of aliphatic carboxylic acids is 1. The molecule has 0 fully saturated rings. The monoisotopic (exact) mass is 367 g/mol. The molecule has 3 aromatic rings. The molecule has 1 heterocycles. The van der Waals surface area contributed by atoms with Gasteiger partial charge in [0.2, 0.25) is 0 Å². The maximum atomic E-state index is 12.3. The molecule has 0 radical (unpaired) electrons. The fourth-order valence-electron chi connectivity index (χ4n) is 2.93. The van der Waals surface area contributed by atoms with Gasteiger partial charge in [0, 0.05) is 25.1 Å². The molecule has 2 aromatic carbocycles. The third-order valence-electron chi connectivity index (χ3n) is 4.14. The zero-order chi connectivity index (χ0) is 19.2. The second kappa shape index (κ2) is 8.35. The van der Waals surface area contributed by atoms with Crippen LogP contribution in [0.4, 0.5) is 0 Å². The summed E-state index contributed by atoms with van der Waals surface area (Å²) < 4.78 is 7.24. The minimum Gasteiger partial charge on any atom is -0.482 e. The van der Waals surface area contributed by atoms with Crippen molar-refractivity contribution in [3.63, 3.8) is 0 Å². The molecule has 7 heteroatoms. The highest BCUT2D eigenvalue weighted by Crippen LogP contribution is 2.16. The van der Waals surface area contributed by atoms with Crippen LogP contribution in [0.2, 0.25) is 0 Å². The van der Waals surface area contributed by atoms with Gasteiger partial charge < -0.3 is 19.7 Å². The Labute approximate surface area is 156 Å². The summed E-state index contributed by atoms with van der Waals surface area (Å²) in [6, 6.07) is 14.4. The number of fused-ring (bicyclic) bond motifs is 1. The summed E-state index contributed by atoms with van der Waals surface area (Å²) in [5.74, 6) is -0.0334. The van der Waals surface area contributed by atoms with Crippen molar-refractivity contribution in [1.82, 2.24) is 14.9 Å². The lowest BCUT2D eigenvalue weighted by Crippen LogP contribution is -2.26. The van der Waals surface area contributed by atoms with Gasteiger partial charge in [0.05, 0.1) is 11.0 Å². The predicted molar refractivity (Wildman–Crippen MR) is 101 cm³/mol. The van der Waals surface area contributed by atoms with Crippen molar-refractivity contribution < 1.29 is 19.4 Å². The smallest absolute Gasteiger partial charge is 0.341 e. The van der Waals surface area contributed by atoms with Gasteiger partial charge in [-0.25, -0.2) is 9.78 Å². The van der Waals surface area contributed by atoms with E-state index in [2.05, 4.69) is 21.8 Å². The van der Waals surface area contributed by atoms with Crippen molar-refractivity contribution in [2.45, 2.75) is 19.9 Å². The summed E-state index contributed by atoms with van der Waals surface area (Å²) in [5.41, 5.74) is 2.45. The van der Waals surface area contributed by atoms with Crippen molar-refractivity contribution in [3.8, 4) is 5.75 Å². The fourth-order valence-corrected chi connectivity index (χ4v) is 2.93. The third-order valence-corrected chi connectivity index (χ3v) is 4.14. The van der Waals surface area contributed by atoms with Gasteiger partial charge in [-0.2, -0.15) is 0 Å². The standard InChI is InChI=1S/C20H21N3O4/c1-2-23-17-9-4-3-8-16(17)22-18(23)10-11-21-20(26)14-6-5-7-15(12-14)27-13-19(24)25/h3-9,12H,2,10-11,13H2,1H3,(H,21,26)(H,24,25). The summed E-state index contributed by atoms with van der Waals surface area (Å²) in [4.78, 5) is 27.6. The molecule has 7 nitrogen and oxygen atoms in total. The molecule has 0 aliphatic carbocycles. The van der Waals surface area contributed by atoms with E-state index in [4.69, 9.17) is 9.84 Å². The van der Waals surface area contributed by atoms with E-state index in [9.17, 15) is 9.59 Å². The highest BCUT2D eigenvalue weighted by Gasteiger charge is 2.11. The van der Waals surface area contributed by atoms with Crippen LogP contribution in [-0.4, -0.2) is 39.7 Å². The van der Waals surface area contributed by atoms with Crippen LogP contribution >= 0.6 is 0 Å². The Balaban J connectivity index is 1.61. The zero-order valence-corrected chi connectivity index (χ0v) is 15.0. The van der Waals surface area contributed by atoms with Crippen molar-refractivity contribution in [3.05, 3.63) is 59.9 Å². The number of carbonyl (C=O) groups excluding carboxylic acids is 1. The number of rotatable bonds is 8. The van der Waals surface area contributed by atoms with Crippen LogP contribution in [0.5, 0.6) is 5.75 Å². The molecule has 27 heavy (non-hydrogen) atoms. The van der Waals surface area contributed by atoms with Gasteiger partial charge in [-0.05, 0) is 37.3 Å². The number of imidazole rings is 1. The van der Waals surface area contributed by atoms with Gasteiger partial charge >= 0.3 is 5.97 Å². The summed E-state index contributed by atoms with van der Waals surface area (Å²) in [5, 5.41) is 11.5. The van der Waals surface area contributed by atoms with Gasteiger partial charge in [0.1, 0.15) is 11.6 Å². The van der Waals surface area contributed by atoms with Crippen molar-refractivity contribution in [2.75, 3.05) is 13.2 Å². The largest absolute Gasteiger partial charge is 0.482 e. The maximum absolute atomic E-state index is 12.3. The number of aryl methyl sites for hydroxylation is 1. The molecule has 0 aliphatic heterocycles. The fraction of sp³-hybridized carbons (Fsp3) is 0.250. The first-order valence-corrected chi connectivity index (χ1v) is 8.75. The topological polar surface area (TPSA) is 93.5 Å². The highest BCUT2D eigenvalue weighted by molar-refractivity contribution is 5.94. The van der Waals surface area contributed by atoms with Crippen molar-refractivity contribution in [1.29, 1.82) is 0 Å². The molecule has 140 valence electrons. The summed E-state index contributed by atoms with van der Waals surface area (Å²) >= 11 is 0. The Hall–Kier alpha value is -3.35. The number of carboxylic acid groups (broad SMARTS) is 1. The zero-order valence-electron chi connectivity index (χ0n) is 15.0. The number of nitrogens with one attached hydrogen (secondary N) is 1. The van der Waals surface area contributed by atoms with Crippen LogP contribution in [0.15, 0.2) is 48.5 Å². The molecule has 1 amide bonds. The third kappa shape index (κ3) is 4.44. The van der Waals surface area contributed by atoms with Crippen LogP contribution in [0.1, 0.15) is 23.1 Å². The summed E-state index contributed by atoms with van der Waals surface area (Å²) in [6.07, 6.45) is 0.615. The van der Waals surface area contributed by atoms with Gasteiger partial charge in [0.15, 0.2) is 6.61 Å². The Morgan fingerprint density at radius 3 is 2.78 bits per heavy atom. The highest BCUT2D eigenvalue weighted by atomic mass is 16.5. The van der Waals surface area contributed by atoms with Crippen molar-refractivity contribution in [2.24, 2.45) is 0 Å². The number of aromatic nitrogens is 2. The minimum atomic E-state index is -1.07. The molecular formula is C20H21N3O4. The van der Waals surface area contributed by atoms with Gasteiger partial charge in [0.25, 0.3) is 5.91 Å². The number of para-hydroxylation sites is 2. The Bertz CT molecular complexity index is 965. The normalized spacial score (nSPS) is 10.7. The first kappa shape index (κ1) is 18.4. The average molecular weight is 367 g/mol. The second-order valence-corrected chi connectivity index (χ2v) is 5.98. The first-order chi connectivity index (χ1) is 13.1. The number of nitrogens with zero attached hydrogens (tertiary/aromatic N) is 2. The molecule has 0 aliphatic rings. The van der Waals surface area contributed by atoms with Crippen LogP contribution in [-0.2, 0) is 17.8 Å². The number of benzene rings is 2. The van der Waals surface area contributed by atoms with Crippen LogP contribution in [0.3, 0.4) is 0 Å². The molecule has 3 rings (SSSR count). The van der Waals surface area contributed by atoms with Gasteiger partial charge in [-0.3, -0.25) is 4.79 Å². The number of hydrogen-bond donors (Lipinski definition) is 2. The molecule has 0 saturated heterocycles. The van der Waals surface area contributed by atoms with E-state index in [-0.39, 0.29) is 5.91 Å². The van der Waals surface area contributed by atoms with E-state index in [1.807, 2.05) is 24.3 Å². The van der Waals surface area contributed by atoms with E-state index in [1.54, 1.807) is 18.2 Å². The molecule has 0 saturated carbocycles. The lowest BCUT2D eigenvalue weighted by Gasteiger charge is -2.09. The molecule has 0 atom stereocenters. The molecule has 0 spiro atoms. The van der Waals surface area contributed by atoms with Crippen LogP contribution in [0.25, 0.3) is 11.0 Å². The SMILES string of the molecule is CCn1c(CCNC(=O)c2cccc(OCC(=O)O)c2)nc2ccccc21. The lowest BCUT2D eigenvalue weighted by atomic mass is 10.2. The molecular weight excluding hydrogens is 346 g/mol. The quantitative estimate of drug-likeness (QED) is 0.638. The second-order valence-electron chi connectivity index (χ2n) is 5.98. The molecule has 0 unspecified atom stereocenters. The van der Waals surface area contributed by atoms with E-state index >= 15 is 0 Å². The predicted octanol–water partition coefficient (Wildman–Crippen LogP) is 2.49. The summed E-state index contributed by atoms with van der Waals surface area (Å²) in [6.45, 7) is 2.88. The van der Waals surface area contributed by atoms with Crippen LogP contribution in [0, 0.1) is 0 Å². The van der Waals surface area contributed by atoms with Gasteiger partial charge in [-0.15, -0.1) is 0 Å². The van der Waals surface area contributed by atoms with E-state index < -0.39 is 12.6 Å². The minimum absolute atomic E-state index is 0.241.